The Morgan fingerprint density at radius 1 is 1.32 bits per heavy atom. The van der Waals surface area contributed by atoms with Crippen LogP contribution in [0.25, 0.3) is 5.69 Å². The van der Waals surface area contributed by atoms with Crippen molar-refractivity contribution in [3.05, 3.63) is 36.2 Å². The number of nitrogens with one attached hydrogen (secondary N) is 1. The van der Waals surface area contributed by atoms with E-state index in [1.807, 2.05) is 12.1 Å². The Kier molecular flexibility index (Phi) is 3.38. The molecule has 2 aromatic rings. The quantitative estimate of drug-likeness (QED) is 0.818. The second-order valence-electron chi connectivity index (χ2n) is 4.93. The summed E-state index contributed by atoms with van der Waals surface area (Å²) in [5, 5.41) is 7.25. The highest BCUT2D eigenvalue weighted by Crippen LogP contribution is 2.33. The lowest BCUT2D eigenvalue weighted by Crippen LogP contribution is -2.36. The molecule has 0 atom stereocenters. The fourth-order valence-electron chi connectivity index (χ4n) is 2.13. The topological polar surface area (TPSA) is 94.6 Å². The van der Waals surface area contributed by atoms with E-state index in [0.717, 1.165) is 11.4 Å². The van der Waals surface area contributed by atoms with E-state index in [1.165, 1.54) is 0 Å². The molecule has 1 radical (unpaired) electrons. The molecule has 1 aromatic carbocycles. The second kappa shape index (κ2) is 5.23. The number of carbonyl (C=O) groups excluding carboxylic acids is 1. The maximum atomic E-state index is 12.1. The van der Waals surface area contributed by atoms with Gasteiger partial charge in [0.2, 0.25) is 0 Å². The number of esters is 1. The minimum atomic E-state index is -0.533. The van der Waals surface area contributed by atoms with Crippen LogP contribution in [0.15, 0.2) is 24.3 Å². The minimum absolute atomic E-state index is 0.112. The Balaban J connectivity index is 2.07. The maximum Gasteiger partial charge on any atom is 0.349 e. The summed E-state index contributed by atoms with van der Waals surface area (Å²) < 4.78 is 11.9. The van der Waals surface area contributed by atoms with E-state index < -0.39 is 5.97 Å². The number of anilines is 2. The van der Waals surface area contributed by atoms with Crippen LogP contribution in [0.2, 0.25) is 0 Å². The van der Waals surface area contributed by atoms with Crippen molar-refractivity contribution in [2.45, 2.75) is 0 Å². The van der Waals surface area contributed by atoms with E-state index in [9.17, 15) is 4.79 Å². The zero-order chi connectivity index (χ0) is 15.9. The molecule has 0 saturated carbocycles. The summed E-state index contributed by atoms with van der Waals surface area (Å²) in [5.41, 5.74) is 6.82. The number of nitrogens with two attached hydrogens (primary N) is 1. The van der Waals surface area contributed by atoms with Crippen LogP contribution in [-0.4, -0.2) is 41.9 Å². The second-order valence-corrected chi connectivity index (χ2v) is 4.93. The fraction of sp³-hybridized carbons (Fsp3) is 0.214. The molecule has 1 aromatic heterocycles. The predicted molar refractivity (Wildman–Crippen MR) is 80.5 cm³/mol. The monoisotopic (exact) mass is 302 g/mol. The molecular formula is C14H16N5O3. The molecule has 115 valence electrons. The van der Waals surface area contributed by atoms with Gasteiger partial charge in [-0.25, -0.2) is 14.4 Å². The third-order valence-corrected chi connectivity index (χ3v) is 3.25. The van der Waals surface area contributed by atoms with Crippen molar-refractivity contribution in [2.75, 3.05) is 32.3 Å². The Bertz CT molecular complexity index is 708. The number of nitrogens with zero attached hydrogens (tertiary/aromatic N) is 3. The molecule has 3 N–H and O–H groups in total. The van der Waals surface area contributed by atoms with Crippen molar-refractivity contribution in [2.24, 2.45) is 0 Å². The normalized spacial score (nSPS) is 14.5. The highest BCUT2D eigenvalue weighted by molar-refractivity contribution is 6.02. The molecule has 0 spiro atoms. The molecule has 0 aliphatic carbocycles. The summed E-state index contributed by atoms with van der Waals surface area (Å²) in [5.74, 6) is 0.782. The van der Waals surface area contributed by atoms with Crippen LogP contribution in [0.4, 0.5) is 11.6 Å². The van der Waals surface area contributed by atoms with Gasteiger partial charge >= 0.3 is 12.3 Å². The first-order valence-electron chi connectivity index (χ1n) is 6.57. The van der Waals surface area contributed by atoms with Gasteiger partial charge in [-0.05, 0) is 38.4 Å². The number of hydrogen-bond donors (Lipinski definition) is 2. The van der Waals surface area contributed by atoms with Gasteiger partial charge in [-0.1, -0.05) is 0 Å². The van der Waals surface area contributed by atoms with Gasteiger partial charge < -0.3 is 20.5 Å². The number of rotatable bonds is 3. The number of methoxy groups -OCH3 is 1. The molecule has 8 heteroatoms. The van der Waals surface area contributed by atoms with Gasteiger partial charge in [0.1, 0.15) is 11.3 Å². The van der Waals surface area contributed by atoms with Gasteiger partial charge in [0.05, 0.1) is 12.8 Å². The van der Waals surface area contributed by atoms with Crippen molar-refractivity contribution in [1.29, 1.82) is 0 Å². The fourth-order valence-corrected chi connectivity index (χ4v) is 2.13. The van der Waals surface area contributed by atoms with Crippen LogP contribution in [-0.2, 0) is 4.74 Å². The highest BCUT2D eigenvalue weighted by Gasteiger charge is 2.35. The molecule has 1 aliphatic heterocycles. The van der Waals surface area contributed by atoms with Gasteiger partial charge in [-0.3, -0.25) is 0 Å². The van der Waals surface area contributed by atoms with E-state index >= 15 is 0 Å². The van der Waals surface area contributed by atoms with Crippen molar-refractivity contribution < 1.29 is 14.3 Å². The summed E-state index contributed by atoms with van der Waals surface area (Å²) in [4.78, 5) is 13.8. The van der Waals surface area contributed by atoms with Crippen molar-refractivity contribution in [3.63, 3.8) is 0 Å². The van der Waals surface area contributed by atoms with Gasteiger partial charge in [0.25, 0.3) is 0 Å². The van der Waals surface area contributed by atoms with Gasteiger partial charge in [0, 0.05) is 0 Å². The number of cyclic esters (lactones) is 1. The first-order valence-corrected chi connectivity index (χ1v) is 6.57. The molecule has 1 aliphatic rings. The number of ether oxygens (including phenoxy) is 2. The molecule has 2 heterocycles. The first kappa shape index (κ1) is 14.2. The van der Waals surface area contributed by atoms with Crippen LogP contribution in [0.1, 0.15) is 10.4 Å². The lowest BCUT2D eigenvalue weighted by atomic mass is 10.2. The summed E-state index contributed by atoms with van der Waals surface area (Å²) in [7, 11) is 5.12. The lowest BCUT2D eigenvalue weighted by molar-refractivity contribution is 0.0360. The van der Waals surface area contributed by atoms with E-state index in [2.05, 4.69) is 10.4 Å². The van der Waals surface area contributed by atoms with E-state index in [0.29, 0.717) is 12.2 Å². The zero-order valence-corrected chi connectivity index (χ0v) is 12.5. The van der Waals surface area contributed by atoms with Crippen molar-refractivity contribution in [3.8, 4) is 11.4 Å². The number of aromatic nitrogens is 2. The summed E-state index contributed by atoms with van der Waals surface area (Å²) in [6, 6.07) is 7.25. The summed E-state index contributed by atoms with van der Waals surface area (Å²) >= 11 is 0. The lowest BCUT2D eigenvalue weighted by Gasteiger charge is -2.27. The molecule has 0 amide bonds. The van der Waals surface area contributed by atoms with Crippen LogP contribution in [0.3, 0.4) is 0 Å². The van der Waals surface area contributed by atoms with Crippen molar-refractivity contribution in [1.82, 2.24) is 14.7 Å². The van der Waals surface area contributed by atoms with Gasteiger partial charge in [-0.15, -0.1) is 5.10 Å². The Labute approximate surface area is 127 Å². The van der Waals surface area contributed by atoms with Crippen LogP contribution in [0.5, 0.6) is 5.75 Å². The highest BCUT2D eigenvalue weighted by atomic mass is 16.6. The minimum Gasteiger partial charge on any atom is -0.497 e. The first-order chi connectivity index (χ1) is 10.5. The molecule has 0 fully saturated rings. The van der Waals surface area contributed by atoms with Crippen LogP contribution in [0, 0.1) is 6.35 Å². The Hall–Kier alpha value is -2.74. The van der Waals surface area contributed by atoms with Crippen LogP contribution >= 0.6 is 0 Å². The predicted octanol–water partition coefficient (Wildman–Crippen LogP) is 1.05. The van der Waals surface area contributed by atoms with Gasteiger partial charge in [-0.2, -0.15) is 0 Å². The molecule has 0 unspecified atom stereocenters. The molecular weight excluding hydrogens is 286 g/mol. The van der Waals surface area contributed by atoms with Crippen molar-refractivity contribution >= 4 is 17.6 Å². The number of carbonyl (C=O) groups is 1. The smallest absolute Gasteiger partial charge is 0.349 e. The molecule has 0 bridgehead atoms. The third-order valence-electron chi connectivity index (χ3n) is 3.25. The average molecular weight is 302 g/mol. The molecule has 3 rings (SSSR count). The Morgan fingerprint density at radius 3 is 2.59 bits per heavy atom. The zero-order valence-electron chi connectivity index (χ0n) is 12.5. The third kappa shape index (κ3) is 2.23. The van der Waals surface area contributed by atoms with E-state index in [1.54, 1.807) is 42.9 Å². The maximum absolute atomic E-state index is 12.1. The average Bonchev–Trinajstić information content (AvgIpc) is 2.85. The molecule has 0 saturated heterocycles. The Morgan fingerprint density at radius 2 is 2.00 bits per heavy atom. The number of hydrogen-bond acceptors (Lipinski definition) is 7. The molecule has 22 heavy (non-hydrogen) atoms. The SMILES string of the molecule is COc1ccc(-n2nc(N)c3c2N[C](N(C)C)OC3=O)cc1. The van der Waals surface area contributed by atoms with Crippen LogP contribution < -0.4 is 15.8 Å². The van der Waals surface area contributed by atoms with E-state index in [4.69, 9.17) is 15.2 Å². The van der Waals surface area contributed by atoms with Gasteiger partial charge in [0.15, 0.2) is 11.6 Å². The number of fused-ring (bicyclic) bond motifs is 1. The number of nitrogen functional groups attached to an aromatic ring is 1. The largest absolute Gasteiger partial charge is 0.497 e. The van der Waals surface area contributed by atoms with E-state index in [-0.39, 0.29) is 11.4 Å². The number of benzene rings is 1. The standard InChI is InChI=1S/C14H16N5O3/c1-18(2)14-16-12-10(13(20)22-14)11(15)17-19(12)8-4-6-9(21-3)7-5-8/h4-7,16H,1-3H3,(H2,15,17). The summed E-state index contributed by atoms with van der Waals surface area (Å²) in [6.45, 7) is 0. The molecule has 8 nitrogen and oxygen atoms in total. The summed E-state index contributed by atoms with van der Waals surface area (Å²) in [6.07, 6.45) is 0.312.